The Hall–Kier alpha value is -3.44. The first-order valence-electron chi connectivity index (χ1n) is 9.38. The molecule has 0 heterocycles. The highest BCUT2D eigenvalue weighted by atomic mass is 16.5. The molecule has 3 N–H and O–H groups in total. The van der Waals surface area contributed by atoms with Crippen LogP contribution in [-0.2, 0) is 6.61 Å². The lowest BCUT2D eigenvalue weighted by molar-refractivity contribution is 0.217. The summed E-state index contributed by atoms with van der Waals surface area (Å²) in [5.41, 5.74) is 2.25. The van der Waals surface area contributed by atoms with Crippen molar-refractivity contribution in [3.05, 3.63) is 89.5 Å². The van der Waals surface area contributed by atoms with Gasteiger partial charge in [-0.15, -0.1) is 0 Å². The number of aliphatic hydroxyl groups excluding tert-OH is 1. The van der Waals surface area contributed by atoms with Gasteiger partial charge in [-0.25, -0.2) is 0 Å². The third-order valence-corrected chi connectivity index (χ3v) is 4.31. The van der Waals surface area contributed by atoms with Crippen LogP contribution in [0, 0.1) is 0 Å². The standard InChI is InChI=1S/C24H24O5/c1-2-28-23-14-19(25)10-8-18(23)9-13-22(27)21-12-11-20(26)15-24(21)29-16-17-6-4-3-5-7-17/h3-15,22,25-27H,2,16H2,1H3. The number of phenols is 2. The van der Waals surface area contributed by atoms with Gasteiger partial charge in [0.15, 0.2) is 0 Å². The largest absolute Gasteiger partial charge is 0.508 e. The average Bonchev–Trinajstić information content (AvgIpc) is 2.72. The predicted octanol–water partition coefficient (Wildman–Crippen LogP) is 4.82. The van der Waals surface area contributed by atoms with Gasteiger partial charge in [0.1, 0.15) is 35.7 Å². The van der Waals surface area contributed by atoms with E-state index in [1.54, 1.807) is 30.4 Å². The minimum atomic E-state index is -0.954. The molecule has 5 heteroatoms. The Morgan fingerprint density at radius 1 is 0.862 bits per heavy atom. The molecular weight excluding hydrogens is 368 g/mol. The third kappa shape index (κ3) is 5.53. The molecule has 3 aromatic carbocycles. The van der Waals surface area contributed by atoms with Crippen molar-refractivity contribution in [2.24, 2.45) is 0 Å². The average molecular weight is 392 g/mol. The number of hydrogen-bond donors (Lipinski definition) is 3. The van der Waals surface area contributed by atoms with Crippen LogP contribution < -0.4 is 9.47 Å². The van der Waals surface area contributed by atoms with Gasteiger partial charge in [-0.3, -0.25) is 0 Å². The van der Waals surface area contributed by atoms with Crippen LogP contribution in [0.1, 0.15) is 29.7 Å². The maximum absolute atomic E-state index is 10.7. The molecule has 29 heavy (non-hydrogen) atoms. The molecule has 3 rings (SSSR count). The molecule has 0 spiro atoms. The number of hydrogen-bond acceptors (Lipinski definition) is 5. The quantitative estimate of drug-likeness (QED) is 0.512. The lowest BCUT2D eigenvalue weighted by Gasteiger charge is -2.15. The van der Waals surface area contributed by atoms with Gasteiger partial charge in [-0.1, -0.05) is 42.5 Å². The second kappa shape index (κ2) is 9.66. The Labute approximate surface area is 170 Å². The first-order valence-corrected chi connectivity index (χ1v) is 9.38. The topological polar surface area (TPSA) is 79.2 Å². The highest BCUT2D eigenvalue weighted by Crippen LogP contribution is 2.32. The van der Waals surface area contributed by atoms with Crippen LogP contribution in [0.4, 0.5) is 0 Å². The lowest BCUT2D eigenvalue weighted by Crippen LogP contribution is -2.01. The molecule has 3 aromatic rings. The molecule has 0 aromatic heterocycles. The van der Waals surface area contributed by atoms with E-state index in [4.69, 9.17) is 9.47 Å². The van der Waals surface area contributed by atoms with Crippen LogP contribution in [0.5, 0.6) is 23.0 Å². The number of aliphatic hydroxyl groups is 1. The summed E-state index contributed by atoms with van der Waals surface area (Å²) in [4.78, 5) is 0. The van der Waals surface area contributed by atoms with Crippen LogP contribution in [-0.4, -0.2) is 21.9 Å². The smallest absolute Gasteiger partial charge is 0.130 e. The normalized spacial score (nSPS) is 12.1. The van der Waals surface area contributed by atoms with E-state index < -0.39 is 6.10 Å². The molecule has 0 saturated heterocycles. The molecule has 0 aliphatic carbocycles. The molecule has 0 radical (unpaired) electrons. The Kier molecular flexibility index (Phi) is 6.76. The summed E-state index contributed by atoms with van der Waals surface area (Å²) < 4.78 is 11.4. The van der Waals surface area contributed by atoms with Crippen molar-refractivity contribution < 1.29 is 24.8 Å². The van der Waals surface area contributed by atoms with Crippen LogP contribution in [0.25, 0.3) is 6.08 Å². The van der Waals surface area contributed by atoms with Crippen molar-refractivity contribution in [2.45, 2.75) is 19.6 Å². The molecule has 0 saturated carbocycles. The van der Waals surface area contributed by atoms with Crippen molar-refractivity contribution in [1.29, 1.82) is 0 Å². The zero-order chi connectivity index (χ0) is 20.6. The van der Waals surface area contributed by atoms with E-state index in [0.29, 0.717) is 30.3 Å². The van der Waals surface area contributed by atoms with Gasteiger partial charge in [0.25, 0.3) is 0 Å². The number of rotatable bonds is 8. The third-order valence-electron chi connectivity index (χ3n) is 4.31. The maximum Gasteiger partial charge on any atom is 0.130 e. The highest BCUT2D eigenvalue weighted by molar-refractivity contribution is 5.60. The van der Waals surface area contributed by atoms with E-state index in [-0.39, 0.29) is 11.5 Å². The van der Waals surface area contributed by atoms with E-state index in [9.17, 15) is 15.3 Å². The first-order chi connectivity index (χ1) is 14.1. The van der Waals surface area contributed by atoms with E-state index in [0.717, 1.165) is 11.1 Å². The summed E-state index contributed by atoms with van der Waals surface area (Å²) in [6, 6.07) is 19.1. The number of phenolic OH excluding ortho intramolecular Hbond substituents is 2. The first kappa shape index (κ1) is 20.3. The van der Waals surface area contributed by atoms with Crippen molar-refractivity contribution in [1.82, 2.24) is 0 Å². The Bertz CT molecular complexity index is 966. The fraction of sp³-hybridized carbons (Fsp3) is 0.167. The molecule has 0 amide bonds. The van der Waals surface area contributed by atoms with Crippen LogP contribution in [0.2, 0.25) is 0 Å². The molecule has 150 valence electrons. The summed E-state index contributed by atoms with van der Waals surface area (Å²) >= 11 is 0. The summed E-state index contributed by atoms with van der Waals surface area (Å²) in [6.07, 6.45) is 2.38. The molecule has 1 atom stereocenters. The highest BCUT2D eigenvalue weighted by Gasteiger charge is 2.13. The minimum absolute atomic E-state index is 0.0603. The molecule has 0 fully saturated rings. The molecule has 0 aliphatic rings. The predicted molar refractivity (Wildman–Crippen MR) is 112 cm³/mol. The zero-order valence-electron chi connectivity index (χ0n) is 16.2. The fourth-order valence-electron chi connectivity index (χ4n) is 2.87. The van der Waals surface area contributed by atoms with Crippen molar-refractivity contribution in [3.8, 4) is 23.0 Å². The Morgan fingerprint density at radius 3 is 2.28 bits per heavy atom. The number of ether oxygens (including phenoxy) is 2. The van der Waals surface area contributed by atoms with Crippen LogP contribution >= 0.6 is 0 Å². The van der Waals surface area contributed by atoms with Crippen LogP contribution in [0.15, 0.2) is 72.8 Å². The summed E-state index contributed by atoms with van der Waals surface area (Å²) in [5, 5.41) is 30.2. The second-order valence-electron chi connectivity index (χ2n) is 6.46. The molecule has 5 nitrogen and oxygen atoms in total. The van der Waals surface area contributed by atoms with Gasteiger partial charge in [0, 0.05) is 23.3 Å². The van der Waals surface area contributed by atoms with Gasteiger partial charge in [-0.05, 0) is 36.8 Å². The summed E-state index contributed by atoms with van der Waals surface area (Å²) in [6.45, 7) is 2.64. The van der Waals surface area contributed by atoms with Crippen molar-refractivity contribution in [3.63, 3.8) is 0 Å². The van der Waals surface area contributed by atoms with E-state index >= 15 is 0 Å². The van der Waals surface area contributed by atoms with Crippen molar-refractivity contribution in [2.75, 3.05) is 6.61 Å². The monoisotopic (exact) mass is 392 g/mol. The minimum Gasteiger partial charge on any atom is -0.508 e. The van der Waals surface area contributed by atoms with E-state index in [2.05, 4.69) is 0 Å². The fourth-order valence-corrected chi connectivity index (χ4v) is 2.87. The van der Waals surface area contributed by atoms with Gasteiger partial charge in [-0.2, -0.15) is 0 Å². The van der Waals surface area contributed by atoms with E-state index in [1.165, 1.54) is 18.2 Å². The molecule has 0 bridgehead atoms. The van der Waals surface area contributed by atoms with Gasteiger partial charge in [0.05, 0.1) is 6.61 Å². The molecule has 0 aliphatic heterocycles. The van der Waals surface area contributed by atoms with Crippen LogP contribution in [0.3, 0.4) is 0 Å². The van der Waals surface area contributed by atoms with Gasteiger partial charge in [0.2, 0.25) is 0 Å². The Balaban J connectivity index is 1.80. The number of benzene rings is 3. The lowest BCUT2D eigenvalue weighted by atomic mass is 10.1. The SMILES string of the molecule is CCOc1cc(O)ccc1C=CC(O)c1ccc(O)cc1OCc1ccccc1. The maximum atomic E-state index is 10.7. The Morgan fingerprint density at radius 2 is 1.55 bits per heavy atom. The molecule has 1 unspecified atom stereocenters. The van der Waals surface area contributed by atoms with E-state index in [1.807, 2.05) is 37.3 Å². The number of aromatic hydroxyl groups is 2. The summed E-state index contributed by atoms with van der Waals surface area (Å²) in [5.74, 6) is 1.11. The zero-order valence-corrected chi connectivity index (χ0v) is 16.2. The van der Waals surface area contributed by atoms with Gasteiger partial charge < -0.3 is 24.8 Å². The second-order valence-corrected chi connectivity index (χ2v) is 6.46. The molecular formula is C24H24O5. The van der Waals surface area contributed by atoms with Crippen molar-refractivity contribution >= 4 is 6.08 Å². The summed E-state index contributed by atoms with van der Waals surface area (Å²) in [7, 11) is 0. The van der Waals surface area contributed by atoms with Gasteiger partial charge >= 0.3 is 0 Å².